The van der Waals surface area contributed by atoms with Crippen molar-refractivity contribution in [3.8, 4) is 5.75 Å². The predicted octanol–water partition coefficient (Wildman–Crippen LogP) is 2.28. The van der Waals surface area contributed by atoms with Gasteiger partial charge in [-0.2, -0.15) is 0 Å². The number of benzene rings is 1. The van der Waals surface area contributed by atoms with Gasteiger partial charge >= 0.3 is 6.09 Å². The minimum atomic E-state index is -0.552. The van der Waals surface area contributed by atoms with Gasteiger partial charge in [0.1, 0.15) is 11.4 Å². The van der Waals surface area contributed by atoms with Gasteiger partial charge in [-0.1, -0.05) is 12.1 Å². The first-order valence-electron chi connectivity index (χ1n) is 8.31. The molecule has 0 saturated carbocycles. The van der Waals surface area contributed by atoms with Crippen molar-refractivity contribution in [2.75, 3.05) is 39.8 Å². The highest BCUT2D eigenvalue weighted by Gasteiger charge is 2.26. The maximum atomic E-state index is 12.0. The van der Waals surface area contributed by atoms with Gasteiger partial charge in [0.2, 0.25) is 0 Å². The average Bonchev–Trinajstić information content (AvgIpc) is 2.54. The van der Waals surface area contributed by atoms with Crippen LogP contribution in [0.2, 0.25) is 0 Å². The second-order valence-corrected chi connectivity index (χ2v) is 7.06. The maximum Gasteiger partial charge on any atom is 0.410 e. The fourth-order valence-corrected chi connectivity index (χ4v) is 2.62. The van der Waals surface area contributed by atoms with Gasteiger partial charge in [0.15, 0.2) is 0 Å². The molecule has 1 fully saturated rings. The molecule has 0 radical (unpaired) electrons. The summed E-state index contributed by atoms with van der Waals surface area (Å²) in [4.78, 5) is 15.9. The number of nitrogens with zero attached hydrogens (tertiary/aromatic N) is 2. The number of carbonyl (C=O) groups is 1. The lowest BCUT2D eigenvalue weighted by Crippen LogP contribution is -2.50. The van der Waals surface area contributed by atoms with Crippen LogP contribution in [0.15, 0.2) is 24.3 Å². The topological polar surface area (TPSA) is 62.2 Å². The first-order chi connectivity index (χ1) is 11.3. The zero-order chi connectivity index (χ0) is 17.7. The van der Waals surface area contributed by atoms with E-state index in [1.807, 2.05) is 45.0 Å². The molecule has 0 aliphatic carbocycles. The summed E-state index contributed by atoms with van der Waals surface area (Å²) in [5.41, 5.74) is 0.393. The number of aliphatic hydroxyl groups is 1. The van der Waals surface area contributed by atoms with Crippen LogP contribution in [0.5, 0.6) is 5.75 Å². The molecule has 1 heterocycles. The number of aliphatic hydroxyl groups excluding tert-OH is 1. The van der Waals surface area contributed by atoms with Crippen molar-refractivity contribution in [3.63, 3.8) is 0 Å². The Labute approximate surface area is 144 Å². The summed E-state index contributed by atoms with van der Waals surface area (Å²) in [5.74, 6) is 0.775. The van der Waals surface area contributed by atoms with Crippen molar-refractivity contribution < 1.29 is 19.4 Å². The monoisotopic (exact) mass is 336 g/mol. The number of β-amino-alcohol motifs (C(OH)–C–C–N with tert-alkyl or cyclic N) is 1. The number of rotatable bonds is 4. The molecule has 2 rings (SSSR count). The van der Waals surface area contributed by atoms with E-state index in [1.165, 1.54) is 0 Å². The van der Waals surface area contributed by atoms with Gasteiger partial charge in [0.25, 0.3) is 0 Å². The molecule has 0 spiro atoms. The Morgan fingerprint density at radius 2 is 1.75 bits per heavy atom. The lowest BCUT2D eigenvalue weighted by molar-refractivity contribution is 0.0101. The van der Waals surface area contributed by atoms with Gasteiger partial charge in [-0.05, 0) is 38.5 Å². The summed E-state index contributed by atoms with van der Waals surface area (Å²) in [6.07, 6.45) is -0.818. The molecule has 134 valence electrons. The number of methoxy groups -OCH3 is 1. The Kier molecular flexibility index (Phi) is 6.07. The standard InChI is InChI=1S/C18H28N2O4/c1-18(2,3)24-17(22)20-11-9-19(10-12-20)13-16(21)14-5-7-15(23-4)8-6-14/h5-8,16,21H,9-13H2,1-4H3/t16-/m1/s1. The maximum absolute atomic E-state index is 12.0. The SMILES string of the molecule is COc1ccc([C@H](O)CN2CCN(C(=O)OC(C)(C)C)CC2)cc1. The fraction of sp³-hybridized carbons (Fsp3) is 0.611. The summed E-state index contributed by atoms with van der Waals surface area (Å²) >= 11 is 0. The third-order valence-electron chi connectivity index (χ3n) is 3.96. The van der Waals surface area contributed by atoms with E-state index in [9.17, 15) is 9.90 Å². The van der Waals surface area contributed by atoms with Crippen LogP contribution in [-0.2, 0) is 4.74 Å². The molecule has 6 nitrogen and oxygen atoms in total. The van der Waals surface area contributed by atoms with Crippen molar-refractivity contribution in [3.05, 3.63) is 29.8 Å². The van der Waals surface area contributed by atoms with Crippen molar-refractivity contribution in [1.82, 2.24) is 9.80 Å². The van der Waals surface area contributed by atoms with Crippen molar-refractivity contribution in [2.45, 2.75) is 32.5 Å². The van der Waals surface area contributed by atoms with Crippen molar-refractivity contribution in [1.29, 1.82) is 0 Å². The Morgan fingerprint density at radius 1 is 1.17 bits per heavy atom. The highest BCUT2D eigenvalue weighted by molar-refractivity contribution is 5.68. The van der Waals surface area contributed by atoms with E-state index < -0.39 is 11.7 Å². The molecule has 1 aromatic carbocycles. The van der Waals surface area contributed by atoms with Crippen LogP contribution in [0.4, 0.5) is 4.79 Å². The summed E-state index contributed by atoms with van der Waals surface area (Å²) in [5, 5.41) is 10.4. The van der Waals surface area contributed by atoms with E-state index in [4.69, 9.17) is 9.47 Å². The van der Waals surface area contributed by atoms with Gasteiger partial charge in [0.05, 0.1) is 13.2 Å². The molecule has 6 heteroatoms. The minimum absolute atomic E-state index is 0.266. The number of amides is 1. The van der Waals surface area contributed by atoms with Crippen LogP contribution in [0.1, 0.15) is 32.4 Å². The normalized spacial score (nSPS) is 17.5. The molecule has 24 heavy (non-hydrogen) atoms. The zero-order valence-corrected chi connectivity index (χ0v) is 15.0. The molecule has 1 aromatic rings. The number of ether oxygens (including phenoxy) is 2. The van der Waals surface area contributed by atoms with Crippen molar-refractivity contribution >= 4 is 6.09 Å². The smallest absolute Gasteiger partial charge is 0.410 e. The van der Waals surface area contributed by atoms with Gasteiger partial charge in [-0.3, -0.25) is 4.90 Å². The third kappa shape index (κ3) is 5.39. The highest BCUT2D eigenvalue weighted by Crippen LogP contribution is 2.19. The lowest BCUT2D eigenvalue weighted by atomic mass is 10.1. The van der Waals surface area contributed by atoms with E-state index in [0.717, 1.165) is 24.4 Å². The summed E-state index contributed by atoms with van der Waals surface area (Å²) < 4.78 is 10.5. The zero-order valence-electron chi connectivity index (χ0n) is 15.0. The average molecular weight is 336 g/mol. The van der Waals surface area contributed by atoms with Crippen LogP contribution in [-0.4, -0.2) is 66.4 Å². The second-order valence-electron chi connectivity index (χ2n) is 7.06. The molecule has 0 bridgehead atoms. The summed E-state index contributed by atoms with van der Waals surface area (Å²) in [6, 6.07) is 7.44. The van der Waals surface area contributed by atoms with Gasteiger partial charge in [0, 0.05) is 32.7 Å². The van der Waals surface area contributed by atoms with Gasteiger partial charge < -0.3 is 19.5 Å². The molecule has 1 atom stereocenters. The second kappa shape index (κ2) is 7.85. The quantitative estimate of drug-likeness (QED) is 0.914. The van der Waals surface area contributed by atoms with E-state index >= 15 is 0 Å². The van der Waals surface area contributed by atoms with E-state index in [1.54, 1.807) is 12.0 Å². The predicted molar refractivity (Wildman–Crippen MR) is 92.2 cm³/mol. The van der Waals surface area contributed by atoms with E-state index in [0.29, 0.717) is 19.6 Å². The fourth-order valence-electron chi connectivity index (χ4n) is 2.62. The van der Waals surface area contributed by atoms with Crippen LogP contribution >= 0.6 is 0 Å². The first-order valence-corrected chi connectivity index (χ1v) is 8.31. The largest absolute Gasteiger partial charge is 0.497 e. The van der Waals surface area contributed by atoms with Crippen LogP contribution in [0.3, 0.4) is 0 Å². The Hall–Kier alpha value is -1.79. The molecule has 0 aromatic heterocycles. The lowest BCUT2D eigenvalue weighted by Gasteiger charge is -2.36. The molecule has 1 aliphatic rings. The third-order valence-corrected chi connectivity index (χ3v) is 3.96. The van der Waals surface area contributed by atoms with Crippen molar-refractivity contribution in [2.24, 2.45) is 0 Å². The highest BCUT2D eigenvalue weighted by atomic mass is 16.6. The molecule has 0 unspecified atom stereocenters. The Bertz CT molecular complexity index is 531. The van der Waals surface area contributed by atoms with E-state index in [2.05, 4.69) is 4.90 Å². The Balaban J connectivity index is 1.80. The number of piperazine rings is 1. The molecular weight excluding hydrogens is 308 g/mol. The summed E-state index contributed by atoms with van der Waals surface area (Å²) in [7, 11) is 1.62. The van der Waals surface area contributed by atoms with E-state index in [-0.39, 0.29) is 6.09 Å². The molecule has 1 N–H and O–H groups in total. The molecular formula is C18H28N2O4. The molecule has 1 saturated heterocycles. The summed E-state index contributed by atoms with van der Waals surface area (Å²) in [6.45, 7) is 8.84. The van der Waals surface area contributed by atoms with Crippen LogP contribution in [0.25, 0.3) is 0 Å². The van der Waals surface area contributed by atoms with Gasteiger partial charge in [-0.25, -0.2) is 4.79 Å². The molecule has 1 amide bonds. The number of carbonyl (C=O) groups excluding carboxylic acids is 1. The minimum Gasteiger partial charge on any atom is -0.497 e. The Morgan fingerprint density at radius 3 is 2.25 bits per heavy atom. The molecule has 1 aliphatic heterocycles. The van der Waals surface area contributed by atoms with Crippen LogP contribution in [0, 0.1) is 0 Å². The first kappa shape index (κ1) is 18.5. The number of hydrogen-bond donors (Lipinski definition) is 1. The van der Waals surface area contributed by atoms with Crippen LogP contribution < -0.4 is 4.74 Å². The van der Waals surface area contributed by atoms with Gasteiger partial charge in [-0.15, -0.1) is 0 Å². The number of hydrogen-bond acceptors (Lipinski definition) is 5.